The van der Waals surface area contributed by atoms with Crippen LogP contribution in [0.2, 0.25) is 0 Å². The second-order valence-corrected chi connectivity index (χ2v) is 6.32. The normalized spacial score (nSPS) is 20.3. The molecule has 2 aromatic rings. The highest BCUT2D eigenvalue weighted by Crippen LogP contribution is 2.31. The number of thiazole rings is 1. The molecule has 0 saturated carbocycles. The van der Waals surface area contributed by atoms with Crippen LogP contribution in [0.5, 0.6) is 0 Å². The molecule has 3 rings (SSSR count). The zero-order valence-corrected chi connectivity index (χ0v) is 12.7. The summed E-state index contributed by atoms with van der Waals surface area (Å²) in [5.74, 6) is -0.0245. The lowest BCUT2D eigenvalue weighted by molar-refractivity contribution is -0.122. The highest BCUT2D eigenvalue weighted by Gasteiger charge is 2.31. The summed E-state index contributed by atoms with van der Waals surface area (Å²) >= 11 is 1.58. The molecule has 2 atom stereocenters. The van der Waals surface area contributed by atoms with E-state index in [1.165, 1.54) is 0 Å². The van der Waals surface area contributed by atoms with Crippen molar-refractivity contribution < 1.29 is 9.90 Å². The predicted octanol–water partition coefficient (Wildman–Crippen LogP) is 2.16. The van der Waals surface area contributed by atoms with Crippen LogP contribution in [0.15, 0.2) is 29.8 Å². The maximum atomic E-state index is 12.1. The minimum Gasteiger partial charge on any atom is -0.390 e. The van der Waals surface area contributed by atoms with Gasteiger partial charge in [-0.15, -0.1) is 11.3 Å². The topological polar surface area (TPSA) is 62.2 Å². The van der Waals surface area contributed by atoms with Crippen molar-refractivity contribution in [3.8, 4) is 0 Å². The Balaban J connectivity index is 1.61. The number of fused-ring (bicyclic) bond motifs is 1. The monoisotopic (exact) mass is 302 g/mol. The number of benzene rings is 1. The van der Waals surface area contributed by atoms with E-state index in [9.17, 15) is 9.90 Å². The standard InChI is InChI=1S/C16H18N2O2S/c1-10-14(21-9-17-10)6-7-15(20)18-16-12-5-3-2-4-11(12)8-13(16)19/h2-5,9,13,16,19H,6-8H2,1H3,(H,18,20)/t13-,16+/m0/s1. The van der Waals surface area contributed by atoms with Crippen molar-refractivity contribution >= 4 is 17.2 Å². The minimum atomic E-state index is -0.531. The Hall–Kier alpha value is -1.72. The number of aromatic nitrogens is 1. The number of nitrogens with zero attached hydrogens (tertiary/aromatic N) is 1. The van der Waals surface area contributed by atoms with E-state index in [0.717, 1.165) is 21.7 Å². The fourth-order valence-electron chi connectivity index (χ4n) is 2.79. The molecule has 1 amide bonds. The van der Waals surface area contributed by atoms with E-state index >= 15 is 0 Å². The molecule has 1 aromatic carbocycles. The van der Waals surface area contributed by atoms with Crippen LogP contribution in [-0.2, 0) is 17.6 Å². The van der Waals surface area contributed by atoms with E-state index in [1.807, 2.05) is 31.2 Å². The Morgan fingerprint density at radius 3 is 3.05 bits per heavy atom. The summed E-state index contributed by atoms with van der Waals surface area (Å²) < 4.78 is 0. The summed E-state index contributed by atoms with van der Waals surface area (Å²) in [7, 11) is 0. The highest BCUT2D eigenvalue weighted by molar-refractivity contribution is 7.09. The number of carbonyl (C=O) groups is 1. The SMILES string of the molecule is Cc1ncsc1CCC(=O)N[C@@H]1c2ccccc2C[C@@H]1O. The summed E-state index contributed by atoms with van der Waals surface area (Å²) in [6.07, 6.45) is 1.20. The van der Waals surface area contributed by atoms with Crippen LogP contribution in [-0.4, -0.2) is 22.1 Å². The first-order valence-electron chi connectivity index (χ1n) is 7.09. The molecular formula is C16H18N2O2S. The molecule has 4 nitrogen and oxygen atoms in total. The quantitative estimate of drug-likeness (QED) is 0.910. The molecule has 1 aromatic heterocycles. The molecule has 0 aliphatic heterocycles. The van der Waals surface area contributed by atoms with E-state index in [2.05, 4.69) is 10.3 Å². The molecule has 0 unspecified atom stereocenters. The zero-order chi connectivity index (χ0) is 14.8. The number of amides is 1. The Labute approximate surface area is 127 Å². The number of nitrogens with one attached hydrogen (secondary N) is 1. The van der Waals surface area contributed by atoms with Gasteiger partial charge in [-0.05, 0) is 24.5 Å². The fourth-order valence-corrected chi connectivity index (χ4v) is 3.57. The third-order valence-corrected chi connectivity index (χ3v) is 4.94. The lowest BCUT2D eigenvalue weighted by atomic mass is 10.1. The third kappa shape index (κ3) is 2.99. The first-order valence-corrected chi connectivity index (χ1v) is 7.97. The van der Waals surface area contributed by atoms with Crippen molar-refractivity contribution in [2.24, 2.45) is 0 Å². The Kier molecular flexibility index (Phi) is 4.03. The summed E-state index contributed by atoms with van der Waals surface area (Å²) in [4.78, 5) is 17.5. The van der Waals surface area contributed by atoms with Gasteiger partial charge in [-0.3, -0.25) is 4.79 Å². The van der Waals surface area contributed by atoms with E-state index in [0.29, 0.717) is 19.3 Å². The average Bonchev–Trinajstić information content (AvgIpc) is 3.01. The summed E-state index contributed by atoms with van der Waals surface area (Å²) in [5.41, 5.74) is 4.96. The van der Waals surface area contributed by atoms with Crippen LogP contribution in [0.25, 0.3) is 0 Å². The maximum Gasteiger partial charge on any atom is 0.220 e. The largest absolute Gasteiger partial charge is 0.390 e. The summed E-state index contributed by atoms with van der Waals surface area (Å²) in [5, 5.41) is 13.1. The van der Waals surface area contributed by atoms with Crippen molar-refractivity contribution in [3.63, 3.8) is 0 Å². The van der Waals surface area contributed by atoms with Gasteiger partial charge >= 0.3 is 0 Å². The summed E-state index contributed by atoms with van der Waals surface area (Å²) in [6, 6.07) is 7.60. The van der Waals surface area contributed by atoms with Gasteiger partial charge in [0.15, 0.2) is 0 Å². The van der Waals surface area contributed by atoms with Gasteiger partial charge in [0, 0.05) is 17.7 Å². The number of hydrogen-bond donors (Lipinski definition) is 2. The van der Waals surface area contributed by atoms with Crippen LogP contribution in [0.3, 0.4) is 0 Å². The second-order valence-electron chi connectivity index (χ2n) is 5.38. The second kappa shape index (κ2) is 5.95. The number of hydrogen-bond acceptors (Lipinski definition) is 4. The Morgan fingerprint density at radius 1 is 1.48 bits per heavy atom. The van der Waals surface area contributed by atoms with Crippen LogP contribution in [0, 0.1) is 6.92 Å². The number of carbonyl (C=O) groups excluding carboxylic acids is 1. The lowest BCUT2D eigenvalue weighted by Crippen LogP contribution is -2.33. The minimum absolute atomic E-state index is 0.0245. The molecule has 21 heavy (non-hydrogen) atoms. The van der Waals surface area contributed by atoms with E-state index in [-0.39, 0.29) is 11.9 Å². The van der Waals surface area contributed by atoms with E-state index in [1.54, 1.807) is 16.8 Å². The van der Waals surface area contributed by atoms with Gasteiger partial charge in [0.2, 0.25) is 5.91 Å². The first-order chi connectivity index (χ1) is 10.1. The number of rotatable bonds is 4. The van der Waals surface area contributed by atoms with Crippen molar-refractivity contribution in [1.82, 2.24) is 10.3 Å². The van der Waals surface area contributed by atoms with Crippen molar-refractivity contribution in [3.05, 3.63) is 51.5 Å². The van der Waals surface area contributed by atoms with Crippen LogP contribution >= 0.6 is 11.3 Å². The van der Waals surface area contributed by atoms with Gasteiger partial charge in [-0.25, -0.2) is 4.98 Å². The molecule has 0 spiro atoms. The van der Waals surface area contributed by atoms with Crippen molar-refractivity contribution in [2.75, 3.05) is 0 Å². The van der Waals surface area contributed by atoms with Gasteiger partial charge in [-0.2, -0.15) is 0 Å². The van der Waals surface area contributed by atoms with Crippen LogP contribution < -0.4 is 5.32 Å². The Morgan fingerprint density at radius 2 is 2.29 bits per heavy atom. The van der Waals surface area contributed by atoms with Crippen LogP contribution in [0.1, 0.15) is 34.2 Å². The van der Waals surface area contributed by atoms with Gasteiger partial charge in [-0.1, -0.05) is 24.3 Å². The molecule has 1 heterocycles. The smallest absolute Gasteiger partial charge is 0.220 e. The van der Waals surface area contributed by atoms with Gasteiger partial charge < -0.3 is 10.4 Å². The number of aliphatic hydroxyl groups is 1. The maximum absolute atomic E-state index is 12.1. The predicted molar refractivity (Wildman–Crippen MR) is 82.2 cm³/mol. The van der Waals surface area contributed by atoms with Gasteiger partial charge in [0.05, 0.1) is 23.4 Å². The molecule has 0 radical (unpaired) electrons. The van der Waals surface area contributed by atoms with Crippen LogP contribution in [0.4, 0.5) is 0 Å². The lowest BCUT2D eigenvalue weighted by Gasteiger charge is -2.17. The molecule has 0 saturated heterocycles. The van der Waals surface area contributed by atoms with Crippen molar-refractivity contribution in [2.45, 2.75) is 38.3 Å². The molecular weight excluding hydrogens is 284 g/mol. The van der Waals surface area contributed by atoms with Gasteiger partial charge in [0.1, 0.15) is 0 Å². The molecule has 0 fully saturated rings. The van der Waals surface area contributed by atoms with Crippen molar-refractivity contribution in [1.29, 1.82) is 0 Å². The number of aryl methyl sites for hydroxylation is 2. The zero-order valence-electron chi connectivity index (χ0n) is 11.9. The summed E-state index contributed by atoms with van der Waals surface area (Å²) in [6.45, 7) is 1.96. The van der Waals surface area contributed by atoms with E-state index in [4.69, 9.17) is 0 Å². The molecule has 0 bridgehead atoms. The molecule has 5 heteroatoms. The Bertz CT molecular complexity index is 653. The first kappa shape index (κ1) is 14.2. The molecule has 1 aliphatic carbocycles. The van der Waals surface area contributed by atoms with E-state index < -0.39 is 6.10 Å². The average molecular weight is 302 g/mol. The van der Waals surface area contributed by atoms with Gasteiger partial charge in [0.25, 0.3) is 0 Å². The third-order valence-electron chi connectivity index (χ3n) is 3.94. The fraction of sp³-hybridized carbons (Fsp3) is 0.375. The molecule has 2 N–H and O–H groups in total. The molecule has 110 valence electrons. The number of aliphatic hydroxyl groups excluding tert-OH is 1. The molecule has 1 aliphatic rings. The highest BCUT2D eigenvalue weighted by atomic mass is 32.1.